The number of ether oxygens (including phenoxy) is 1. The van der Waals surface area contributed by atoms with Crippen molar-refractivity contribution in [2.75, 3.05) is 19.8 Å². The number of rotatable bonds is 6. The van der Waals surface area contributed by atoms with Gasteiger partial charge < -0.3 is 14.5 Å². The molecule has 0 amide bonds. The number of nitrogens with zero attached hydrogens (tertiary/aromatic N) is 2. The first-order valence-electron chi connectivity index (χ1n) is 7.05. The van der Waals surface area contributed by atoms with E-state index in [2.05, 4.69) is 15.5 Å². The molecule has 18 heavy (non-hydrogen) atoms. The van der Waals surface area contributed by atoms with Gasteiger partial charge in [0.15, 0.2) is 0 Å². The third kappa shape index (κ3) is 3.29. The van der Waals surface area contributed by atoms with Crippen LogP contribution < -0.4 is 5.32 Å². The zero-order valence-electron chi connectivity index (χ0n) is 10.7. The van der Waals surface area contributed by atoms with Crippen LogP contribution in [0.2, 0.25) is 0 Å². The highest BCUT2D eigenvalue weighted by Crippen LogP contribution is 2.24. The van der Waals surface area contributed by atoms with E-state index < -0.39 is 0 Å². The van der Waals surface area contributed by atoms with Crippen LogP contribution in [0.3, 0.4) is 0 Å². The number of nitrogens with one attached hydrogen (secondary N) is 1. The van der Waals surface area contributed by atoms with Crippen LogP contribution >= 0.6 is 0 Å². The van der Waals surface area contributed by atoms with E-state index in [4.69, 9.17) is 9.15 Å². The third-order valence-corrected chi connectivity index (χ3v) is 3.57. The lowest BCUT2D eigenvalue weighted by molar-refractivity contribution is 0.0721. The monoisotopic (exact) mass is 251 g/mol. The summed E-state index contributed by atoms with van der Waals surface area (Å²) >= 11 is 0. The van der Waals surface area contributed by atoms with Crippen molar-refractivity contribution in [3.8, 4) is 0 Å². The molecule has 1 aliphatic carbocycles. The van der Waals surface area contributed by atoms with Crippen LogP contribution in [0.4, 0.5) is 0 Å². The van der Waals surface area contributed by atoms with Gasteiger partial charge in [0.1, 0.15) is 0 Å². The van der Waals surface area contributed by atoms with Gasteiger partial charge >= 0.3 is 0 Å². The smallest absolute Gasteiger partial charge is 0.221 e. The van der Waals surface area contributed by atoms with Crippen LogP contribution in [0.15, 0.2) is 4.42 Å². The number of aryl methyl sites for hydroxylation is 1. The normalized spacial score (nSPS) is 24.3. The molecule has 1 N–H and O–H groups in total. The summed E-state index contributed by atoms with van der Waals surface area (Å²) in [6.45, 7) is 2.64. The predicted octanol–water partition coefficient (Wildman–Crippen LogP) is 1.65. The summed E-state index contributed by atoms with van der Waals surface area (Å²) in [5.74, 6) is 1.85. The van der Waals surface area contributed by atoms with Crippen molar-refractivity contribution in [2.45, 2.75) is 50.5 Å². The molecular weight excluding hydrogens is 230 g/mol. The van der Waals surface area contributed by atoms with Gasteiger partial charge in [-0.15, -0.1) is 10.2 Å². The van der Waals surface area contributed by atoms with Crippen LogP contribution in [0.1, 0.15) is 49.8 Å². The second-order valence-corrected chi connectivity index (χ2v) is 5.28. The molecule has 100 valence electrons. The molecule has 0 bridgehead atoms. The molecule has 0 aromatic carbocycles. The molecule has 3 rings (SSSR count). The number of hydrogen-bond donors (Lipinski definition) is 1. The van der Waals surface area contributed by atoms with E-state index in [1.165, 1.54) is 12.8 Å². The van der Waals surface area contributed by atoms with Gasteiger partial charge in [0.05, 0.1) is 12.5 Å². The minimum absolute atomic E-state index is 0.310. The van der Waals surface area contributed by atoms with Gasteiger partial charge in [0.2, 0.25) is 11.8 Å². The van der Waals surface area contributed by atoms with Crippen molar-refractivity contribution in [2.24, 2.45) is 0 Å². The van der Waals surface area contributed by atoms with Gasteiger partial charge in [0, 0.05) is 19.1 Å². The van der Waals surface area contributed by atoms with Crippen molar-refractivity contribution in [3.63, 3.8) is 0 Å². The van der Waals surface area contributed by atoms with E-state index in [0.717, 1.165) is 63.3 Å². The van der Waals surface area contributed by atoms with E-state index >= 15 is 0 Å². The largest absolute Gasteiger partial charge is 0.425 e. The number of hydrogen-bond acceptors (Lipinski definition) is 5. The first kappa shape index (κ1) is 12.1. The van der Waals surface area contributed by atoms with E-state index in [-0.39, 0.29) is 0 Å². The maximum absolute atomic E-state index is 5.72. The van der Waals surface area contributed by atoms with Crippen molar-refractivity contribution in [1.29, 1.82) is 0 Å². The maximum atomic E-state index is 5.72. The summed E-state index contributed by atoms with van der Waals surface area (Å²) in [6.07, 6.45) is 6.82. The molecule has 1 aromatic rings. The van der Waals surface area contributed by atoms with Crippen LogP contribution in [-0.2, 0) is 11.2 Å². The fraction of sp³-hybridized carbons (Fsp3) is 0.846. The van der Waals surface area contributed by atoms with Crippen molar-refractivity contribution in [3.05, 3.63) is 11.8 Å². The lowest BCUT2D eigenvalue weighted by Crippen LogP contribution is -2.17. The Labute approximate surface area is 107 Å². The Hall–Kier alpha value is -0.940. The van der Waals surface area contributed by atoms with Gasteiger partial charge in [0.25, 0.3) is 0 Å². The predicted molar refractivity (Wildman–Crippen MR) is 66.4 cm³/mol. The lowest BCUT2D eigenvalue weighted by atomic mass is 10.0. The molecule has 0 radical (unpaired) electrons. The minimum Gasteiger partial charge on any atom is -0.425 e. The minimum atomic E-state index is 0.310. The van der Waals surface area contributed by atoms with Gasteiger partial charge in [-0.3, -0.25) is 0 Å². The second-order valence-electron chi connectivity index (χ2n) is 5.28. The van der Waals surface area contributed by atoms with E-state index in [1.807, 2.05) is 0 Å². The SMILES string of the molecule is C(CNC1CC1)Cc1nnc(C2CCCOC2)o1. The van der Waals surface area contributed by atoms with Crippen LogP contribution in [0, 0.1) is 0 Å². The Kier molecular flexibility index (Phi) is 3.90. The zero-order chi connectivity index (χ0) is 12.2. The van der Waals surface area contributed by atoms with Crippen molar-refractivity contribution in [1.82, 2.24) is 15.5 Å². The maximum Gasteiger partial charge on any atom is 0.221 e. The average Bonchev–Trinajstić information content (AvgIpc) is 3.12. The van der Waals surface area contributed by atoms with E-state index in [0.29, 0.717) is 5.92 Å². The molecule has 1 saturated heterocycles. The van der Waals surface area contributed by atoms with Gasteiger partial charge in [-0.1, -0.05) is 0 Å². The zero-order valence-corrected chi connectivity index (χ0v) is 10.7. The van der Waals surface area contributed by atoms with Crippen LogP contribution in [0.25, 0.3) is 0 Å². The van der Waals surface area contributed by atoms with Gasteiger partial charge in [-0.05, 0) is 38.6 Å². The van der Waals surface area contributed by atoms with E-state index in [9.17, 15) is 0 Å². The first-order chi connectivity index (χ1) is 8.92. The Morgan fingerprint density at radius 3 is 2.94 bits per heavy atom. The molecule has 2 fully saturated rings. The van der Waals surface area contributed by atoms with Crippen molar-refractivity contribution >= 4 is 0 Å². The molecule has 1 aromatic heterocycles. The number of aromatic nitrogens is 2. The topological polar surface area (TPSA) is 60.2 Å². The Morgan fingerprint density at radius 1 is 1.22 bits per heavy atom. The average molecular weight is 251 g/mol. The summed E-state index contributed by atoms with van der Waals surface area (Å²) in [4.78, 5) is 0. The Morgan fingerprint density at radius 2 is 2.17 bits per heavy atom. The molecule has 1 aliphatic heterocycles. The summed E-state index contributed by atoms with van der Waals surface area (Å²) in [6, 6.07) is 0.780. The molecule has 0 spiro atoms. The molecule has 2 heterocycles. The van der Waals surface area contributed by atoms with Crippen LogP contribution in [-0.4, -0.2) is 36.0 Å². The van der Waals surface area contributed by atoms with Gasteiger partial charge in [-0.2, -0.15) is 0 Å². The molecule has 1 atom stereocenters. The molecule has 1 unspecified atom stereocenters. The van der Waals surface area contributed by atoms with Gasteiger partial charge in [-0.25, -0.2) is 0 Å². The molecule has 1 saturated carbocycles. The first-order valence-corrected chi connectivity index (χ1v) is 7.05. The summed E-state index contributed by atoms with van der Waals surface area (Å²) in [7, 11) is 0. The molecule has 5 heteroatoms. The molecular formula is C13H21N3O2. The standard InChI is InChI=1S/C13H21N3O2/c1(7-14-11-5-6-11)4-12-15-16-13(18-12)10-3-2-8-17-9-10/h10-11,14H,1-9H2. The quantitative estimate of drug-likeness (QED) is 0.779. The lowest BCUT2D eigenvalue weighted by Gasteiger charge is -2.18. The molecule has 2 aliphatic rings. The van der Waals surface area contributed by atoms with Crippen molar-refractivity contribution < 1.29 is 9.15 Å². The highest BCUT2D eigenvalue weighted by molar-refractivity contribution is 4.93. The fourth-order valence-corrected chi connectivity index (χ4v) is 2.30. The highest BCUT2D eigenvalue weighted by Gasteiger charge is 2.22. The van der Waals surface area contributed by atoms with E-state index in [1.54, 1.807) is 0 Å². The Bertz CT molecular complexity index is 370. The summed E-state index contributed by atoms with van der Waals surface area (Å²) in [5.41, 5.74) is 0. The molecule has 5 nitrogen and oxygen atoms in total. The highest BCUT2D eigenvalue weighted by atomic mass is 16.5. The van der Waals surface area contributed by atoms with Crippen LogP contribution in [0.5, 0.6) is 0 Å². The summed E-state index contributed by atoms with van der Waals surface area (Å²) < 4.78 is 11.2. The Balaban J connectivity index is 1.43. The fourth-order valence-electron chi connectivity index (χ4n) is 2.30. The third-order valence-electron chi connectivity index (χ3n) is 3.57. The second kappa shape index (κ2) is 5.80. The summed E-state index contributed by atoms with van der Waals surface area (Å²) in [5, 5.41) is 11.8.